The van der Waals surface area contributed by atoms with Gasteiger partial charge >= 0.3 is 140 Å². The summed E-state index contributed by atoms with van der Waals surface area (Å²) in [5.74, 6) is 0. The summed E-state index contributed by atoms with van der Waals surface area (Å²) < 4.78 is 29.2. The van der Waals surface area contributed by atoms with E-state index in [1.165, 1.54) is 0 Å². The van der Waals surface area contributed by atoms with E-state index in [2.05, 4.69) is 7.76 Å². The molecule has 0 heterocycles. The smallest absolute Gasteiger partial charge is 2.00 e. The van der Waals surface area contributed by atoms with Crippen LogP contribution < -0.4 is 0 Å². The molecule has 0 aliphatic carbocycles. The van der Waals surface area contributed by atoms with E-state index in [1.807, 2.05) is 0 Å². The van der Waals surface area contributed by atoms with Crippen LogP contribution in [0.5, 0.6) is 0 Å². The van der Waals surface area contributed by atoms with E-state index in [-0.39, 0.29) is 16.8 Å². The number of hydrogen-bond donors (Lipinski definition) is 0. The molecule has 0 saturated carbocycles. The van der Waals surface area contributed by atoms with E-state index < -0.39 is 23.2 Å². The second kappa shape index (κ2) is 8.15. The van der Waals surface area contributed by atoms with Gasteiger partial charge in [0, 0.05) is 0 Å². The van der Waals surface area contributed by atoms with Crippen LogP contribution in [0.2, 0.25) is 0 Å². The molecule has 0 aliphatic rings. The van der Waals surface area contributed by atoms with Crippen molar-refractivity contribution in [2.75, 3.05) is 0 Å². The summed E-state index contributed by atoms with van der Waals surface area (Å²) in [5, 5.41) is 69.9. The fourth-order valence-corrected chi connectivity index (χ4v) is 1.20. The van der Waals surface area contributed by atoms with Crippen LogP contribution in [0.1, 0.15) is 0 Å². The van der Waals surface area contributed by atoms with E-state index in [9.17, 15) is 7.79 Å². The van der Waals surface area contributed by atoms with Crippen LogP contribution in [-0.4, -0.2) is 0 Å². The van der Waals surface area contributed by atoms with Gasteiger partial charge in [-0.25, -0.2) is 0 Å². The standard InChI is InChI=1S/2CHNO.6CN.Co.2Ni.2O/c2*2-1-3;6*1-2;;;;;/h2*3H;;;;;;;;;;;/q;;;;;;;;+2;;;;/p-2. The first kappa shape index (κ1) is 24.6. The van der Waals surface area contributed by atoms with Gasteiger partial charge in [-0.05, 0) is 0 Å². The van der Waals surface area contributed by atoms with Gasteiger partial charge in [0.15, 0.2) is 0 Å². The van der Waals surface area contributed by atoms with Gasteiger partial charge in [-0.15, -0.1) is 0 Å². The Labute approximate surface area is 140 Å². The van der Waals surface area contributed by atoms with Crippen molar-refractivity contribution in [2.45, 2.75) is 0 Å². The molecular formula is C8CoN8Ni2O4. The van der Waals surface area contributed by atoms with Gasteiger partial charge in [-0.3, -0.25) is 0 Å². The van der Waals surface area contributed by atoms with E-state index in [0.29, 0.717) is 0 Å². The largest absolute Gasteiger partial charge is 2.00 e. The van der Waals surface area contributed by atoms with Crippen molar-refractivity contribution in [2.24, 2.45) is 0 Å². The van der Waals surface area contributed by atoms with Gasteiger partial charge in [0.05, 0.1) is 0 Å². The minimum atomic E-state index is -5.22. The summed E-state index contributed by atoms with van der Waals surface area (Å²) in [5.41, 5.74) is 0. The maximum atomic E-state index is 11.0. The van der Waals surface area contributed by atoms with Gasteiger partial charge in [-0.1, -0.05) is 0 Å². The Kier molecular flexibility index (Phi) is 8.73. The zero-order valence-corrected chi connectivity index (χ0v) is 13.2. The molecule has 0 rings (SSSR count). The Morgan fingerprint density at radius 3 is 0.739 bits per heavy atom. The number of nitriles is 8. The summed E-state index contributed by atoms with van der Waals surface area (Å²) in [6, 6.07) is 0. The fraction of sp³-hybridized carbons (Fsp3) is 0. The minimum absolute atomic E-state index is 0. The summed E-state index contributed by atoms with van der Waals surface area (Å²) in [6.45, 7) is 0. The minimum Gasteiger partial charge on any atom is 2.00 e. The van der Waals surface area contributed by atoms with Crippen LogP contribution in [0.4, 0.5) is 0 Å². The van der Waals surface area contributed by atoms with Crippen molar-refractivity contribution in [1.82, 2.24) is 0 Å². The molecule has 125 valence electrons. The monoisotopic (exact) mass is 447 g/mol. The predicted molar refractivity (Wildman–Crippen MR) is 48.4 cm³/mol. The first-order valence-corrected chi connectivity index (χ1v) is 8.24. The Morgan fingerprint density at radius 2 is 0.696 bits per heavy atom. The molecule has 0 unspecified atom stereocenters. The summed E-state index contributed by atoms with van der Waals surface area (Å²) in [6.07, 6.45) is 1.75. The number of rotatable bonds is 2. The third kappa shape index (κ3) is 5.48. The van der Waals surface area contributed by atoms with Crippen LogP contribution in [0.15, 0.2) is 0 Å². The Balaban J connectivity index is -0.000000333. The third-order valence-electron chi connectivity index (χ3n) is 1.07. The quantitative estimate of drug-likeness (QED) is 0.392. The molecular weight excluding hydrogens is 448 g/mol. The zero-order valence-electron chi connectivity index (χ0n) is 10.2. The number of nitrogens with zero attached hydrogens (tertiary/aromatic N) is 8. The van der Waals surface area contributed by atoms with Crippen LogP contribution >= 0.6 is 0 Å². The SMILES string of the molecule is N#C[O][Ni-](=[O])([C]#N)([C]#N)[C]#N.N#C[O][Ni-](=[O])([C]#N)([C]#N)[C]#N.[Co+2]. The van der Waals surface area contributed by atoms with Gasteiger partial charge in [-0.2, -0.15) is 0 Å². The Bertz CT molecular complexity index is 790. The Morgan fingerprint density at radius 1 is 0.522 bits per heavy atom. The van der Waals surface area contributed by atoms with Crippen molar-refractivity contribution >= 4 is 0 Å². The molecule has 0 fully saturated rings. The fourth-order valence-electron chi connectivity index (χ4n) is 0.292. The Hall–Kier alpha value is -3.39. The second-order valence-corrected chi connectivity index (χ2v) is 8.05. The van der Waals surface area contributed by atoms with E-state index in [4.69, 9.17) is 42.1 Å². The van der Waals surface area contributed by atoms with Crippen molar-refractivity contribution in [3.8, 4) is 42.7 Å². The zero-order chi connectivity index (χ0) is 18.0. The average molecular weight is 448 g/mol. The van der Waals surface area contributed by atoms with Gasteiger partial charge < -0.3 is 0 Å². The van der Waals surface area contributed by atoms with E-state index in [1.54, 1.807) is 0 Å². The van der Waals surface area contributed by atoms with Crippen LogP contribution in [0.3, 0.4) is 0 Å². The molecule has 12 nitrogen and oxygen atoms in total. The molecule has 0 aromatic rings. The molecule has 0 atom stereocenters. The van der Waals surface area contributed by atoms with Gasteiger partial charge in [0.25, 0.3) is 0 Å². The molecule has 0 aliphatic heterocycles. The maximum absolute atomic E-state index is 11.0. The molecule has 1 radical (unpaired) electrons. The first-order valence-electron chi connectivity index (χ1n) is 3.66. The first-order chi connectivity index (χ1) is 10.1. The summed E-state index contributed by atoms with van der Waals surface area (Å²) in [4.78, 5) is 0. The van der Waals surface area contributed by atoms with Crippen LogP contribution in [0.25, 0.3) is 0 Å². The van der Waals surface area contributed by atoms with Crippen LogP contribution in [0, 0.1) is 84.8 Å². The molecule has 15 heteroatoms. The predicted octanol–water partition coefficient (Wildman–Crippen LogP) is -0.248. The van der Waals surface area contributed by atoms with Crippen molar-refractivity contribution < 1.29 is 55.5 Å². The van der Waals surface area contributed by atoms with Crippen LogP contribution in [-0.2, 0) is 55.5 Å². The second-order valence-electron chi connectivity index (χ2n) is 2.09. The average Bonchev–Trinajstić information content (AvgIpc) is 2.56. The molecule has 0 saturated heterocycles. The van der Waals surface area contributed by atoms with Crippen molar-refractivity contribution in [1.29, 1.82) is 42.1 Å². The van der Waals surface area contributed by atoms with E-state index in [0.717, 1.165) is 42.7 Å². The molecule has 23 heavy (non-hydrogen) atoms. The molecule has 0 N–H and O–H groups in total. The maximum Gasteiger partial charge on any atom is 2.00 e. The molecule has 0 aromatic heterocycles. The molecule has 0 bridgehead atoms. The molecule has 0 amide bonds. The van der Waals surface area contributed by atoms with Crippen molar-refractivity contribution in [3.63, 3.8) is 0 Å². The molecule has 0 spiro atoms. The topological polar surface area (TPSA) is 243 Å². The third-order valence-corrected chi connectivity index (χ3v) is 4.43. The van der Waals surface area contributed by atoms with E-state index >= 15 is 0 Å². The van der Waals surface area contributed by atoms with Gasteiger partial charge in [0.2, 0.25) is 0 Å². The number of hydrogen-bond acceptors (Lipinski definition) is 12. The van der Waals surface area contributed by atoms with Gasteiger partial charge in [0.1, 0.15) is 0 Å². The summed E-state index contributed by atoms with van der Waals surface area (Å²) >= 11 is -10.4. The normalized spacial score (nSPS) is 11.3. The molecule has 0 aromatic carbocycles. The summed E-state index contributed by atoms with van der Waals surface area (Å²) in [7, 11) is 0. The van der Waals surface area contributed by atoms with Crippen molar-refractivity contribution in [3.05, 3.63) is 0 Å².